The second kappa shape index (κ2) is 22.8. The van der Waals surface area contributed by atoms with E-state index in [4.69, 9.17) is 28.4 Å². The van der Waals surface area contributed by atoms with Crippen molar-refractivity contribution in [2.45, 2.75) is 150 Å². The van der Waals surface area contributed by atoms with Crippen molar-refractivity contribution in [2.75, 3.05) is 33.9 Å². The fourth-order valence-electron chi connectivity index (χ4n) is 13.0. The molecule has 5 N–H and O–H groups in total. The van der Waals surface area contributed by atoms with Crippen LogP contribution in [0.1, 0.15) is 145 Å². The van der Waals surface area contributed by atoms with Gasteiger partial charge in [0.05, 0.1) is 47.2 Å². The highest BCUT2D eigenvalue weighted by molar-refractivity contribution is 6.22. The minimum Gasteiger partial charge on any atom is -0.482 e. The van der Waals surface area contributed by atoms with Crippen LogP contribution in [-0.4, -0.2) is 125 Å². The number of likely N-dealkylation sites (N-methyl/N-ethyl adjacent to an activating group) is 1. The van der Waals surface area contributed by atoms with Crippen LogP contribution in [0.5, 0.6) is 23.0 Å². The van der Waals surface area contributed by atoms with E-state index in [9.17, 15) is 25.2 Å². The van der Waals surface area contributed by atoms with E-state index in [1.54, 1.807) is 13.0 Å². The Morgan fingerprint density at radius 1 is 0.878 bits per heavy atom. The fraction of sp³-hybridized carbons (Fsp3) is 0.485. The van der Waals surface area contributed by atoms with Crippen LogP contribution in [0.15, 0.2) is 101 Å². The largest absolute Gasteiger partial charge is 0.482 e. The molecule has 0 aromatic heterocycles. The third-order valence-electron chi connectivity index (χ3n) is 17.5. The molecule has 1 spiro atoms. The summed E-state index contributed by atoms with van der Waals surface area (Å²) in [7, 11) is 3.18. The molecule has 10 atom stereocenters. The van der Waals surface area contributed by atoms with Gasteiger partial charge in [-0.25, -0.2) is 9.59 Å². The molecule has 3 aromatic rings. The molecular formula is C66H80N2O14. The quantitative estimate of drug-likeness (QED) is 0.0390. The SMILES string of the molecule is CNCCN1C2=C(C(=O)c3ccccc32)C(C)C2=C1c1c(OC(=O)c3ccc(OC4OC(CO)C(O)C(O)C4O)cc3)c3c(c(CC=C(C)C)c1OC21C(C(C)(C)C)CC(=O)C1(C)CC=C(C)C(=O)OC)OC(C)(CCC=C(C)C)C=C3. The first-order valence-corrected chi connectivity index (χ1v) is 28.5. The second-order valence-electron chi connectivity index (χ2n) is 24.7. The summed E-state index contributed by atoms with van der Waals surface area (Å²) in [6, 6.07) is 13.5. The Hall–Kier alpha value is -6.66. The monoisotopic (exact) mass is 1120 g/mol. The molecule has 1 saturated heterocycles. The number of ether oxygens (including phenoxy) is 6. The lowest BCUT2D eigenvalue weighted by Gasteiger charge is -2.57. The van der Waals surface area contributed by atoms with Crippen molar-refractivity contribution in [1.82, 2.24) is 10.2 Å². The molecule has 4 aliphatic heterocycles. The summed E-state index contributed by atoms with van der Waals surface area (Å²) in [6.45, 7) is 22.2. The average molecular weight is 1130 g/mol. The van der Waals surface area contributed by atoms with E-state index in [0.29, 0.717) is 94.2 Å². The molecule has 82 heavy (non-hydrogen) atoms. The summed E-state index contributed by atoms with van der Waals surface area (Å²) in [5.74, 6) is -1.66. The smallest absolute Gasteiger partial charge is 0.343 e. The first-order valence-electron chi connectivity index (χ1n) is 28.5. The molecule has 2 fully saturated rings. The van der Waals surface area contributed by atoms with Crippen molar-refractivity contribution >= 4 is 41.0 Å². The molecule has 9 rings (SSSR count). The maximum absolute atomic E-state index is 15.7. The van der Waals surface area contributed by atoms with Gasteiger partial charge < -0.3 is 59.1 Å². The lowest BCUT2D eigenvalue weighted by molar-refractivity contribution is -0.277. The maximum Gasteiger partial charge on any atom is 0.343 e. The second-order valence-corrected chi connectivity index (χ2v) is 24.7. The van der Waals surface area contributed by atoms with Crippen molar-refractivity contribution in [3.05, 3.63) is 134 Å². The van der Waals surface area contributed by atoms with Crippen LogP contribution in [0.2, 0.25) is 0 Å². The molecule has 0 bridgehead atoms. The number of Topliss-reactive ketones (excluding diaryl/α,β-unsaturated/α-hetero) is 2. The van der Waals surface area contributed by atoms with Gasteiger partial charge in [-0.3, -0.25) is 9.59 Å². The normalized spacial score (nSPS) is 28.1. The molecule has 4 heterocycles. The lowest BCUT2D eigenvalue weighted by atomic mass is 9.56. The standard InChI is InChI=1S/C66H80N2O14/c1-35(2)17-16-28-64(10)29-27-44-57(81-64)43(25-20-36(3)4)59-49(58(44)80-61(76)39-21-23-40(24-22-39)78-62-56(74)55(73)54(72)45(34-69)79-62)52-50(38(6)48-51(68(52)32-31-67-12)41-18-14-15-19-42(41)53(48)71)66(82-59)46(63(7,8)9)33-47(70)65(66,11)30-26-37(5)60(75)77-13/h14-15,17-24,26-27,29,38,45-46,54-56,62,67,69,72-74H,16,25,28,30-34H2,1-13H3. The van der Waals surface area contributed by atoms with E-state index in [1.807, 2.05) is 78.1 Å². The van der Waals surface area contributed by atoms with Gasteiger partial charge in [-0.05, 0) is 123 Å². The van der Waals surface area contributed by atoms with Crippen molar-refractivity contribution in [2.24, 2.45) is 22.7 Å². The first-order chi connectivity index (χ1) is 38.8. The summed E-state index contributed by atoms with van der Waals surface area (Å²) >= 11 is 0. The number of carbonyl (C=O) groups excluding carboxylic acids is 4. The number of methoxy groups -OCH3 is 1. The third kappa shape index (κ3) is 10.3. The van der Waals surface area contributed by atoms with E-state index >= 15 is 14.4 Å². The van der Waals surface area contributed by atoms with Crippen LogP contribution in [-0.2, 0) is 25.5 Å². The molecule has 1 saturated carbocycles. The van der Waals surface area contributed by atoms with Crippen molar-refractivity contribution < 1.29 is 68.0 Å². The maximum atomic E-state index is 15.7. The van der Waals surface area contributed by atoms with Crippen LogP contribution >= 0.6 is 0 Å². The van der Waals surface area contributed by atoms with E-state index in [-0.39, 0.29) is 41.5 Å². The summed E-state index contributed by atoms with van der Waals surface area (Å²) < 4.78 is 39.2. The number of allylic oxidation sites excluding steroid dienone is 6. The van der Waals surface area contributed by atoms with Gasteiger partial charge in [-0.15, -0.1) is 0 Å². The number of rotatable bonds is 16. The van der Waals surface area contributed by atoms with Gasteiger partial charge >= 0.3 is 11.9 Å². The summed E-state index contributed by atoms with van der Waals surface area (Å²) in [4.78, 5) is 61.7. The van der Waals surface area contributed by atoms with Gasteiger partial charge in [0.25, 0.3) is 0 Å². The number of benzene rings is 3. The van der Waals surface area contributed by atoms with Gasteiger partial charge in [0.1, 0.15) is 58.6 Å². The molecule has 438 valence electrons. The zero-order valence-corrected chi connectivity index (χ0v) is 49.5. The molecule has 0 amide bonds. The van der Waals surface area contributed by atoms with E-state index < -0.39 is 83.1 Å². The molecule has 16 heteroatoms. The van der Waals surface area contributed by atoms with Crippen molar-refractivity contribution in [3.8, 4) is 23.0 Å². The highest BCUT2D eigenvalue weighted by atomic mass is 16.7. The number of nitrogens with zero attached hydrogens (tertiary/aromatic N) is 1. The molecule has 0 radical (unpaired) electrons. The number of nitrogens with one attached hydrogen (secondary N) is 1. The van der Waals surface area contributed by atoms with Crippen LogP contribution in [0, 0.1) is 22.7 Å². The number of fused-ring (bicyclic) bond motifs is 6. The predicted octanol–water partition coefficient (Wildman–Crippen LogP) is 9.28. The highest BCUT2D eigenvalue weighted by Gasteiger charge is 2.72. The lowest BCUT2D eigenvalue weighted by Crippen LogP contribution is -2.61. The minimum absolute atomic E-state index is 0.0720. The number of ketones is 2. The van der Waals surface area contributed by atoms with Gasteiger partial charge in [0, 0.05) is 64.8 Å². The molecular weight excluding hydrogens is 1040 g/mol. The number of hydrogen-bond acceptors (Lipinski definition) is 16. The highest BCUT2D eigenvalue weighted by Crippen LogP contribution is 2.70. The van der Waals surface area contributed by atoms with E-state index in [0.717, 1.165) is 11.1 Å². The number of hydrogen-bond donors (Lipinski definition) is 5. The summed E-state index contributed by atoms with van der Waals surface area (Å²) in [5, 5.41) is 44.8. The van der Waals surface area contributed by atoms with Crippen LogP contribution in [0.4, 0.5) is 0 Å². The molecule has 6 aliphatic rings. The van der Waals surface area contributed by atoms with Crippen molar-refractivity contribution in [1.29, 1.82) is 0 Å². The number of carbonyl (C=O) groups is 4. The Labute approximate surface area is 481 Å². The topological polar surface area (TPSA) is 220 Å². The number of esters is 2. The van der Waals surface area contributed by atoms with Gasteiger partial charge in [-0.2, -0.15) is 0 Å². The minimum atomic E-state index is -1.67. The fourth-order valence-corrected chi connectivity index (χ4v) is 13.0. The van der Waals surface area contributed by atoms with Gasteiger partial charge in [0.2, 0.25) is 6.29 Å². The zero-order chi connectivity index (χ0) is 59.5. The molecule has 16 nitrogen and oxygen atoms in total. The Kier molecular flexibility index (Phi) is 16.7. The van der Waals surface area contributed by atoms with Gasteiger partial charge in [0.15, 0.2) is 11.5 Å². The third-order valence-corrected chi connectivity index (χ3v) is 17.5. The molecule has 10 unspecified atom stereocenters. The predicted molar refractivity (Wildman–Crippen MR) is 311 cm³/mol. The zero-order valence-electron chi connectivity index (χ0n) is 49.5. The average Bonchev–Trinajstić information content (AvgIpc) is 1.68. The summed E-state index contributed by atoms with van der Waals surface area (Å²) in [6.07, 6.45) is 4.22. The van der Waals surface area contributed by atoms with Crippen LogP contribution < -0.4 is 24.3 Å². The Morgan fingerprint density at radius 2 is 1.56 bits per heavy atom. The number of aliphatic hydroxyl groups excluding tert-OH is 4. The van der Waals surface area contributed by atoms with Gasteiger partial charge in [-0.1, -0.05) is 81.3 Å². The van der Waals surface area contributed by atoms with Crippen molar-refractivity contribution in [3.63, 3.8) is 0 Å². The Morgan fingerprint density at radius 3 is 2.20 bits per heavy atom. The van der Waals surface area contributed by atoms with E-state index in [1.165, 1.54) is 36.9 Å². The Bertz CT molecular complexity index is 3260. The van der Waals surface area contributed by atoms with E-state index in [2.05, 4.69) is 57.0 Å². The first kappa shape index (κ1) is 59.9. The van der Waals surface area contributed by atoms with Crippen LogP contribution in [0.3, 0.4) is 0 Å². The summed E-state index contributed by atoms with van der Waals surface area (Å²) in [5.41, 5.74) is 3.67. The molecule has 3 aromatic carbocycles. The molecule has 2 aliphatic carbocycles. The Balaban J connectivity index is 1.36. The van der Waals surface area contributed by atoms with Crippen LogP contribution in [0.25, 0.3) is 17.5 Å². The number of aliphatic hydroxyl groups is 4.